The molecule has 0 aliphatic rings. The Bertz CT molecular complexity index is 124. The molecule has 2 unspecified atom stereocenters. The van der Waals surface area contributed by atoms with E-state index in [1.165, 1.54) is 32.1 Å². The SMILES string of the molecule is CC=CCC(C)C(CC)CCCC. The van der Waals surface area contributed by atoms with Gasteiger partial charge < -0.3 is 0 Å². The lowest BCUT2D eigenvalue weighted by Crippen LogP contribution is -2.10. The van der Waals surface area contributed by atoms with Crippen LogP contribution in [0.2, 0.25) is 0 Å². The summed E-state index contributed by atoms with van der Waals surface area (Å²) in [7, 11) is 0. The van der Waals surface area contributed by atoms with Crippen molar-refractivity contribution in [2.45, 2.75) is 59.8 Å². The summed E-state index contributed by atoms with van der Waals surface area (Å²) in [4.78, 5) is 0. The first kappa shape index (κ1) is 12.7. The molecule has 0 fully saturated rings. The molecule has 0 heteroatoms. The first-order valence-electron chi connectivity index (χ1n) is 5.87. The van der Waals surface area contributed by atoms with Gasteiger partial charge >= 0.3 is 0 Å². The number of allylic oxidation sites excluding steroid dienone is 2. The van der Waals surface area contributed by atoms with E-state index in [-0.39, 0.29) is 0 Å². The van der Waals surface area contributed by atoms with Gasteiger partial charge in [0.15, 0.2) is 0 Å². The third kappa shape index (κ3) is 5.90. The summed E-state index contributed by atoms with van der Waals surface area (Å²) < 4.78 is 0. The summed E-state index contributed by atoms with van der Waals surface area (Å²) in [5.74, 6) is 1.81. The van der Waals surface area contributed by atoms with E-state index in [1.54, 1.807) is 0 Å². The summed E-state index contributed by atoms with van der Waals surface area (Å²) in [6.45, 7) is 9.11. The van der Waals surface area contributed by atoms with Crippen LogP contribution in [0.4, 0.5) is 0 Å². The van der Waals surface area contributed by atoms with Crippen LogP contribution < -0.4 is 0 Å². The Hall–Kier alpha value is -0.260. The van der Waals surface area contributed by atoms with Gasteiger partial charge in [-0.05, 0) is 25.2 Å². The van der Waals surface area contributed by atoms with Gasteiger partial charge in [0, 0.05) is 0 Å². The van der Waals surface area contributed by atoms with Crippen LogP contribution in [0.5, 0.6) is 0 Å². The molecule has 0 nitrogen and oxygen atoms in total. The highest BCUT2D eigenvalue weighted by Gasteiger charge is 2.12. The van der Waals surface area contributed by atoms with Crippen molar-refractivity contribution in [2.75, 3.05) is 0 Å². The van der Waals surface area contributed by atoms with Crippen molar-refractivity contribution in [1.29, 1.82) is 0 Å². The van der Waals surface area contributed by atoms with Gasteiger partial charge in [0.1, 0.15) is 0 Å². The van der Waals surface area contributed by atoms with Gasteiger partial charge in [0.05, 0.1) is 0 Å². The molecule has 78 valence electrons. The standard InChI is InChI=1S/C13H26/c1-5-8-10-12(4)13(7-3)11-9-6-2/h5,8,12-13H,6-7,9-11H2,1-4H3. The molecule has 0 N–H and O–H groups in total. The van der Waals surface area contributed by atoms with E-state index in [1.807, 2.05) is 0 Å². The third-order valence-corrected chi connectivity index (χ3v) is 3.00. The highest BCUT2D eigenvalue weighted by molar-refractivity contribution is 4.81. The Kier molecular flexibility index (Phi) is 8.18. The zero-order valence-corrected chi connectivity index (χ0v) is 9.84. The maximum atomic E-state index is 2.39. The summed E-state index contributed by atoms with van der Waals surface area (Å²) >= 11 is 0. The smallest absolute Gasteiger partial charge is 0.0322 e. The highest BCUT2D eigenvalue weighted by Crippen LogP contribution is 2.24. The lowest BCUT2D eigenvalue weighted by Gasteiger charge is -2.21. The lowest BCUT2D eigenvalue weighted by molar-refractivity contribution is 0.320. The molecule has 0 aliphatic carbocycles. The van der Waals surface area contributed by atoms with Gasteiger partial charge in [-0.25, -0.2) is 0 Å². The molecule has 0 radical (unpaired) electrons. The predicted molar refractivity (Wildman–Crippen MR) is 61.9 cm³/mol. The van der Waals surface area contributed by atoms with Crippen LogP contribution >= 0.6 is 0 Å². The highest BCUT2D eigenvalue weighted by atomic mass is 14.2. The van der Waals surface area contributed by atoms with Crippen LogP contribution in [0.15, 0.2) is 12.2 Å². The second kappa shape index (κ2) is 8.34. The van der Waals surface area contributed by atoms with Crippen molar-refractivity contribution in [3.63, 3.8) is 0 Å². The maximum absolute atomic E-state index is 2.39. The molecule has 0 amide bonds. The molecule has 0 saturated heterocycles. The lowest BCUT2D eigenvalue weighted by atomic mass is 9.85. The number of rotatable bonds is 7. The van der Waals surface area contributed by atoms with E-state index in [4.69, 9.17) is 0 Å². The fourth-order valence-electron chi connectivity index (χ4n) is 1.90. The molecule has 0 heterocycles. The van der Waals surface area contributed by atoms with Gasteiger partial charge in [0.2, 0.25) is 0 Å². The van der Waals surface area contributed by atoms with Gasteiger partial charge in [-0.1, -0.05) is 58.6 Å². The second-order valence-corrected chi connectivity index (χ2v) is 4.09. The summed E-state index contributed by atoms with van der Waals surface area (Å²) in [5.41, 5.74) is 0. The molecule has 13 heavy (non-hydrogen) atoms. The fraction of sp³-hybridized carbons (Fsp3) is 0.846. The van der Waals surface area contributed by atoms with Gasteiger partial charge in [-0.15, -0.1) is 0 Å². The van der Waals surface area contributed by atoms with Crippen molar-refractivity contribution in [3.05, 3.63) is 12.2 Å². The molecular formula is C13H26. The van der Waals surface area contributed by atoms with Crippen LogP contribution in [0.3, 0.4) is 0 Å². The van der Waals surface area contributed by atoms with Crippen molar-refractivity contribution < 1.29 is 0 Å². The average molecular weight is 182 g/mol. The van der Waals surface area contributed by atoms with Crippen LogP contribution in [-0.2, 0) is 0 Å². The Balaban J connectivity index is 3.76. The molecule has 0 rings (SSSR count). The van der Waals surface area contributed by atoms with Gasteiger partial charge in [0.25, 0.3) is 0 Å². The maximum Gasteiger partial charge on any atom is -0.0322 e. The van der Waals surface area contributed by atoms with Crippen LogP contribution in [0, 0.1) is 11.8 Å². The summed E-state index contributed by atoms with van der Waals surface area (Å²) in [5, 5.41) is 0. The Morgan fingerprint density at radius 2 is 1.92 bits per heavy atom. The fourth-order valence-corrected chi connectivity index (χ4v) is 1.90. The first-order chi connectivity index (χ1) is 6.26. The number of unbranched alkanes of at least 4 members (excludes halogenated alkanes) is 1. The quantitative estimate of drug-likeness (QED) is 0.496. The first-order valence-corrected chi connectivity index (χ1v) is 5.87. The Morgan fingerprint density at radius 3 is 2.38 bits per heavy atom. The van der Waals surface area contributed by atoms with E-state index in [2.05, 4.69) is 39.8 Å². The summed E-state index contributed by atoms with van der Waals surface area (Å²) in [6, 6.07) is 0. The van der Waals surface area contributed by atoms with Gasteiger partial charge in [-0.2, -0.15) is 0 Å². The zero-order chi connectivity index (χ0) is 10.1. The van der Waals surface area contributed by atoms with Crippen LogP contribution in [-0.4, -0.2) is 0 Å². The minimum atomic E-state index is 0.868. The van der Waals surface area contributed by atoms with E-state index in [0.29, 0.717) is 0 Å². The molecule has 0 bridgehead atoms. The van der Waals surface area contributed by atoms with E-state index in [0.717, 1.165) is 11.8 Å². The minimum Gasteiger partial charge on any atom is -0.0917 e. The molecule has 0 spiro atoms. The van der Waals surface area contributed by atoms with Crippen LogP contribution in [0.1, 0.15) is 59.8 Å². The monoisotopic (exact) mass is 182 g/mol. The number of hydrogen-bond donors (Lipinski definition) is 0. The predicted octanol–water partition coefficient (Wildman–Crippen LogP) is 4.81. The zero-order valence-electron chi connectivity index (χ0n) is 9.84. The van der Waals surface area contributed by atoms with Crippen molar-refractivity contribution in [1.82, 2.24) is 0 Å². The average Bonchev–Trinajstić information content (AvgIpc) is 2.16. The normalized spacial score (nSPS) is 16.3. The molecule has 0 saturated carbocycles. The molecular weight excluding hydrogens is 156 g/mol. The van der Waals surface area contributed by atoms with Crippen molar-refractivity contribution >= 4 is 0 Å². The van der Waals surface area contributed by atoms with E-state index < -0.39 is 0 Å². The van der Waals surface area contributed by atoms with Crippen molar-refractivity contribution in [3.8, 4) is 0 Å². The largest absolute Gasteiger partial charge is 0.0917 e. The van der Waals surface area contributed by atoms with Crippen molar-refractivity contribution in [2.24, 2.45) is 11.8 Å². The molecule has 0 aliphatic heterocycles. The Labute approximate surface area is 84.4 Å². The van der Waals surface area contributed by atoms with Gasteiger partial charge in [-0.3, -0.25) is 0 Å². The summed E-state index contributed by atoms with van der Waals surface area (Å²) in [6.07, 6.45) is 11.2. The number of hydrogen-bond acceptors (Lipinski definition) is 0. The molecule has 0 aromatic rings. The minimum absolute atomic E-state index is 0.868. The van der Waals surface area contributed by atoms with E-state index in [9.17, 15) is 0 Å². The second-order valence-electron chi connectivity index (χ2n) is 4.09. The molecule has 2 atom stereocenters. The third-order valence-electron chi connectivity index (χ3n) is 3.00. The van der Waals surface area contributed by atoms with E-state index >= 15 is 0 Å². The molecule has 0 aromatic carbocycles. The topological polar surface area (TPSA) is 0 Å². The molecule has 0 aromatic heterocycles. The Morgan fingerprint density at radius 1 is 1.23 bits per heavy atom. The van der Waals surface area contributed by atoms with Crippen LogP contribution in [0.25, 0.3) is 0 Å².